The van der Waals surface area contributed by atoms with Crippen LogP contribution < -0.4 is 5.32 Å². The summed E-state index contributed by atoms with van der Waals surface area (Å²) in [6, 6.07) is 18.9. The van der Waals surface area contributed by atoms with E-state index in [-0.39, 0.29) is 13.2 Å². The summed E-state index contributed by atoms with van der Waals surface area (Å²) in [4.78, 5) is 26.3. The number of allylic oxidation sites excluding steroid dienone is 1. The topological polar surface area (TPSA) is 77.8 Å². The third-order valence-corrected chi connectivity index (χ3v) is 5.35. The summed E-state index contributed by atoms with van der Waals surface area (Å²) in [6.45, 7) is 5.71. The average Bonchev–Trinajstić information content (AvgIpc) is 3.23. The molecular formula is C26H25NO5. The molecule has 0 aliphatic carbocycles. The Labute approximate surface area is 186 Å². The molecule has 0 amide bonds. The summed E-state index contributed by atoms with van der Waals surface area (Å²) in [5.74, 6) is -1.32. The Balaban J connectivity index is 1.99. The molecule has 164 valence electrons. The van der Waals surface area contributed by atoms with Crippen LogP contribution in [-0.2, 0) is 19.1 Å². The van der Waals surface area contributed by atoms with Crippen molar-refractivity contribution < 1.29 is 23.5 Å². The van der Waals surface area contributed by atoms with Crippen LogP contribution >= 0.6 is 0 Å². The maximum atomic E-state index is 13.3. The van der Waals surface area contributed by atoms with E-state index in [4.69, 9.17) is 13.9 Å². The highest BCUT2D eigenvalue weighted by atomic mass is 16.5. The van der Waals surface area contributed by atoms with Gasteiger partial charge in [0, 0.05) is 11.1 Å². The van der Waals surface area contributed by atoms with E-state index in [0.29, 0.717) is 33.9 Å². The maximum Gasteiger partial charge on any atom is 0.337 e. The SMILES string of the molecule is CCOC(=O)C1=C(C)NC(c2ccccc2)=C(C(=O)OCC)[C@H]1c1cc2ccccc2o1. The molecule has 6 heteroatoms. The first-order chi connectivity index (χ1) is 15.5. The molecule has 2 aromatic carbocycles. The molecule has 1 atom stereocenters. The van der Waals surface area contributed by atoms with Gasteiger partial charge in [-0.25, -0.2) is 9.59 Å². The first kappa shape index (κ1) is 21.4. The van der Waals surface area contributed by atoms with Gasteiger partial charge in [-0.2, -0.15) is 0 Å². The first-order valence-electron chi connectivity index (χ1n) is 10.6. The number of benzene rings is 2. The number of hydrogen-bond acceptors (Lipinski definition) is 6. The number of ether oxygens (including phenoxy) is 2. The zero-order valence-corrected chi connectivity index (χ0v) is 18.3. The van der Waals surface area contributed by atoms with Crippen molar-refractivity contribution in [3.63, 3.8) is 0 Å². The number of para-hydroxylation sites is 1. The summed E-state index contributed by atoms with van der Waals surface area (Å²) >= 11 is 0. The van der Waals surface area contributed by atoms with Crippen molar-refractivity contribution >= 4 is 28.6 Å². The lowest BCUT2D eigenvalue weighted by Crippen LogP contribution is -2.32. The van der Waals surface area contributed by atoms with Crippen LogP contribution in [-0.4, -0.2) is 25.2 Å². The van der Waals surface area contributed by atoms with E-state index >= 15 is 0 Å². The molecule has 32 heavy (non-hydrogen) atoms. The Morgan fingerprint density at radius 1 is 0.906 bits per heavy atom. The molecule has 0 fully saturated rings. The smallest absolute Gasteiger partial charge is 0.337 e. The third kappa shape index (κ3) is 3.91. The Morgan fingerprint density at radius 2 is 1.53 bits per heavy atom. The Hall–Kier alpha value is -3.80. The molecule has 6 nitrogen and oxygen atoms in total. The molecule has 0 unspecified atom stereocenters. The van der Waals surface area contributed by atoms with E-state index in [0.717, 1.165) is 10.9 Å². The Bertz CT molecular complexity index is 1190. The van der Waals surface area contributed by atoms with Gasteiger partial charge in [-0.1, -0.05) is 48.5 Å². The van der Waals surface area contributed by atoms with Gasteiger partial charge >= 0.3 is 11.9 Å². The van der Waals surface area contributed by atoms with E-state index in [1.165, 1.54) is 0 Å². The highest BCUT2D eigenvalue weighted by molar-refractivity contribution is 6.05. The highest BCUT2D eigenvalue weighted by Gasteiger charge is 2.41. The van der Waals surface area contributed by atoms with Crippen LogP contribution in [0, 0.1) is 0 Å². The second kappa shape index (κ2) is 9.14. The largest absolute Gasteiger partial charge is 0.463 e. The van der Waals surface area contributed by atoms with E-state index in [1.54, 1.807) is 20.8 Å². The number of dihydropyridines is 1. The second-order valence-corrected chi connectivity index (χ2v) is 7.38. The van der Waals surface area contributed by atoms with Gasteiger partial charge in [-0.15, -0.1) is 0 Å². The molecule has 1 aromatic heterocycles. The molecule has 2 heterocycles. The minimum absolute atomic E-state index is 0.203. The van der Waals surface area contributed by atoms with Crippen molar-refractivity contribution in [3.05, 3.63) is 88.8 Å². The zero-order valence-electron chi connectivity index (χ0n) is 18.3. The first-order valence-corrected chi connectivity index (χ1v) is 10.6. The van der Waals surface area contributed by atoms with Crippen LogP contribution in [0.5, 0.6) is 0 Å². The van der Waals surface area contributed by atoms with Crippen LogP contribution in [0.3, 0.4) is 0 Å². The number of furan rings is 1. The van der Waals surface area contributed by atoms with Gasteiger partial charge in [-0.3, -0.25) is 0 Å². The number of fused-ring (bicyclic) bond motifs is 1. The Kier molecular flexibility index (Phi) is 6.12. The van der Waals surface area contributed by atoms with Crippen LogP contribution in [0.15, 0.2) is 81.9 Å². The Morgan fingerprint density at radius 3 is 2.19 bits per heavy atom. The lowest BCUT2D eigenvalue weighted by Gasteiger charge is -2.30. The molecule has 0 bridgehead atoms. The lowest BCUT2D eigenvalue weighted by atomic mass is 9.82. The molecular weight excluding hydrogens is 406 g/mol. The molecule has 1 N–H and O–H groups in total. The molecule has 0 saturated carbocycles. The van der Waals surface area contributed by atoms with Crippen LogP contribution in [0.4, 0.5) is 0 Å². The maximum absolute atomic E-state index is 13.3. The van der Waals surface area contributed by atoms with Gasteiger partial charge in [-0.05, 0) is 38.5 Å². The van der Waals surface area contributed by atoms with Crippen molar-refractivity contribution in [2.45, 2.75) is 26.7 Å². The summed E-state index contributed by atoms with van der Waals surface area (Å²) in [5, 5.41) is 4.14. The second-order valence-electron chi connectivity index (χ2n) is 7.38. The molecule has 3 aromatic rings. The summed E-state index contributed by atoms with van der Waals surface area (Å²) < 4.78 is 16.9. The number of carbonyl (C=O) groups is 2. The minimum Gasteiger partial charge on any atom is -0.463 e. The average molecular weight is 431 g/mol. The molecule has 1 aliphatic heterocycles. The van der Waals surface area contributed by atoms with Gasteiger partial charge < -0.3 is 19.2 Å². The fourth-order valence-corrected chi connectivity index (χ4v) is 4.00. The zero-order chi connectivity index (χ0) is 22.7. The van der Waals surface area contributed by atoms with Crippen LogP contribution in [0.25, 0.3) is 16.7 Å². The number of hydrogen-bond donors (Lipinski definition) is 1. The van der Waals surface area contributed by atoms with E-state index in [1.807, 2.05) is 60.7 Å². The normalized spacial score (nSPS) is 16.2. The summed E-state index contributed by atoms with van der Waals surface area (Å²) in [5.41, 5.74) is 3.30. The van der Waals surface area contributed by atoms with Crippen molar-refractivity contribution in [3.8, 4) is 0 Å². The van der Waals surface area contributed by atoms with Crippen LogP contribution in [0.1, 0.15) is 38.0 Å². The fourth-order valence-electron chi connectivity index (χ4n) is 4.00. The van der Waals surface area contributed by atoms with Crippen LogP contribution in [0.2, 0.25) is 0 Å². The summed E-state index contributed by atoms with van der Waals surface area (Å²) in [6.07, 6.45) is 0. The standard InChI is InChI=1S/C26H25NO5/c1-4-30-25(28)21-16(3)27-24(17-11-7-6-8-12-17)23(26(29)31-5-2)22(21)20-15-18-13-9-10-14-19(18)32-20/h6-15,22,27H,4-5H2,1-3H3/t22-/m0/s1. The predicted molar refractivity (Wildman–Crippen MR) is 121 cm³/mol. The number of rotatable bonds is 6. The molecule has 0 saturated heterocycles. The lowest BCUT2D eigenvalue weighted by molar-refractivity contribution is -0.139. The number of carbonyl (C=O) groups excluding carboxylic acids is 2. The van der Waals surface area contributed by atoms with Crippen molar-refractivity contribution in [1.29, 1.82) is 0 Å². The number of esters is 2. The third-order valence-electron chi connectivity index (χ3n) is 5.35. The fraction of sp³-hybridized carbons (Fsp3) is 0.231. The van der Waals surface area contributed by atoms with Gasteiger partial charge in [0.25, 0.3) is 0 Å². The monoisotopic (exact) mass is 431 g/mol. The molecule has 0 spiro atoms. The molecule has 1 aliphatic rings. The quantitative estimate of drug-likeness (QED) is 0.558. The van der Waals surface area contributed by atoms with Gasteiger partial charge in [0.1, 0.15) is 11.3 Å². The highest BCUT2D eigenvalue weighted by Crippen LogP contribution is 2.43. The predicted octanol–water partition coefficient (Wildman–Crippen LogP) is 4.93. The van der Waals surface area contributed by atoms with Crippen molar-refractivity contribution in [2.24, 2.45) is 0 Å². The molecule has 0 radical (unpaired) electrons. The van der Waals surface area contributed by atoms with Gasteiger partial charge in [0.05, 0.1) is 36.0 Å². The summed E-state index contributed by atoms with van der Waals surface area (Å²) in [7, 11) is 0. The van der Waals surface area contributed by atoms with Crippen molar-refractivity contribution in [1.82, 2.24) is 5.32 Å². The van der Waals surface area contributed by atoms with Gasteiger partial charge in [0.15, 0.2) is 0 Å². The minimum atomic E-state index is -0.781. The van der Waals surface area contributed by atoms with E-state index in [2.05, 4.69) is 5.32 Å². The van der Waals surface area contributed by atoms with E-state index < -0.39 is 17.9 Å². The van der Waals surface area contributed by atoms with Gasteiger partial charge in [0.2, 0.25) is 0 Å². The number of nitrogens with one attached hydrogen (secondary N) is 1. The molecule has 4 rings (SSSR count). The van der Waals surface area contributed by atoms with Crippen molar-refractivity contribution in [2.75, 3.05) is 13.2 Å². The van der Waals surface area contributed by atoms with E-state index in [9.17, 15) is 9.59 Å².